The molecule has 1 aromatic carbocycles. The van der Waals surface area contributed by atoms with Crippen molar-refractivity contribution in [3.63, 3.8) is 0 Å². The van der Waals surface area contributed by atoms with Gasteiger partial charge in [-0.1, -0.05) is 15.9 Å². The Kier molecular flexibility index (Phi) is 4.30. The summed E-state index contributed by atoms with van der Waals surface area (Å²) in [5.74, 6) is -0.427. The predicted octanol–water partition coefficient (Wildman–Crippen LogP) is 1.91. The predicted molar refractivity (Wildman–Crippen MR) is 56.3 cm³/mol. The maximum atomic E-state index is 11.2. The zero-order chi connectivity index (χ0) is 11.3. The number of hydrogen-bond acceptors (Lipinski definition) is 4. The van der Waals surface area contributed by atoms with Crippen LogP contribution in [0.25, 0.3) is 0 Å². The van der Waals surface area contributed by atoms with Gasteiger partial charge in [0, 0.05) is 4.47 Å². The van der Waals surface area contributed by atoms with Crippen LogP contribution in [0.3, 0.4) is 0 Å². The first-order valence-corrected chi connectivity index (χ1v) is 4.89. The molecule has 1 rings (SSSR count). The third-order valence-electron chi connectivity index (χ3n) is 1.70. The summed E-state index contributed by atoms with van der Waals surface area (Å²) in [7, 11) is 1.31. The highest BCUT2D eigenvalue weighted by atomic mass is 79.9. The summed E-state index contributed by atoms with van der Waals surface area (Å²) in [5.41, 5.74) is 1.13. The van der Waals surface area contributed by atoms with Gasteiger partial charge in [0.1, 0.15) is 6.61 Å². The van der Waals surface area contributed by atoms with Crippen LogP contribution in [0.4, 0.5) is 0 Å². The quantitative estimate of drug-likeness (QED) is 0.621. The normalized spacial score (nSPS) is 9.47. The summed E-state index contributed by atoms with van der Waals surface area (Å²) >= 11 is 3.25. The van der Waals surface area contributed by atoms with Gasteiger partial charge in [-0.2, -0.15) is 0 Å². The number of hydrogen-bond donors (Lipinski definition) is 0. The van der Waals surface area contributed by atoms with Crippen molar-refractivity contribution < 1.29 is 19.1 Å². The van der Waals surface area contributed by atoms with Gasteiger partial charge in [-0.05, 0) is 23.8 Å². The number of carbonyl (C=O) groups is 2. The number of esters is 1. The molecule has 0 heterocycles. The molecule has 80 valence electrons. The van der Waals surface area contributed by atoms with Crippen LogP contribution >= 0.6 is 15.9 Å². The topological polar surface area (TPSA) is 52.6 Å². The minimum absolute atomic E-state index is 0.132. The lowest BCUT2D eigenvalue weighted by Gasteiger charge is -2.04. The number of benzene rings is 1. The Morgan fingerprint density at radius 3 is 2.80 bits per heavy atom. The van der Waals surface area contributed by atoms with Crippen LogP contribution in [-0.2, 0) is 20.9 Å². The molecule has 5 heteroatoms. The Balaban J connectivity index is 2.94. The molecule has 0 aliphatic heterocycles. The van der Waals surface area contributed by atoms with Gasteiger partial charge in [0.2, 0.25) is 0 Å². The number of methoxy groups -OCH3 is 1. The van der Waals surface area contributed by atoms with Gasteiger partial charge in [-0.15, -0.1) is 0 Å². The molecule has 1 aromatic rings. The lowest BCUT2D eigenvalue weighted by atomic mass is 10.1. The van der Waals surface area contributed by atoms with Gasteiger partial charge in [-0.25, -0.2) is 4.79 Å². The second-order valence-electron chi connectivity index (χ2n) is 2.75. The smallest absolute Gasteiger partial charge is 0.337 e. The van der Waals surface area contributed by atoms with E-state index >= 15 is 0 Å². The minimum atomic E-state index is -0.427. The fourth-order valence-corrected chi connectivity index (χ4v) is 1.64. The molecule has 0 radical (unpaired) electrons. The molecule has 0 aliphatic carbocycles. The number of ether oxygens (including phenoxy) is 2. The molecule has 0 amide bonds. The van der Waals surface area contributed by atoms with Gasteiger partial charge < -0.3 is 9.47 Å². The summed E-state index contributed by atoms with van der Waals surface area (Å²) < 4.78 is 9.90. The van der Waals surface area contributed by atoms with Gasteiger partial charge in [-0.3, -0.25) is 4.79 Å². The SMILES string of the molecule is COC(=O)c1cc(Br)cc(COC=O)c1. The standard InChI is InChI=1S/C10H9BrO4/c1-14-10(13)8-2-7(5-15-6-12)3-9(11)4-8/h2-4,6H,5H2,1H3. The van der Waals surface area contributed by atoms with E-state index in [0.29, 0.717) is 12.0 Å². The molecule has 4 nitrogen and oxygen atoms in total. The van der Waals surface area contributed by atoms with E-state index in [1.54, 1.807) is 18.2 Å². The molecule has 0 N–H and O–H groups in total. The highest BCUT2D eigenvalue weighted by molar-refractivity contribution is 9.10. The van der Waals surface area contributed by atoms with Crippen LogP contribution in [0.5, 0.6) is 0 Å². The number of halogens is 1. The first kappa shape index (κ1) is 11.7. The maximum Gasteiger partial charge on any atom is 0.337 e. The second-order valence-corrected chi connectivity index (χ2v) is 3.66. The van der Waals surface area contributed by atoms with Crippen LogP contribution in [0, 0.1) is 0 Å². The van der Waals surface area contributed by atoms with Crippen LogP contribution < -0.4 is 0 Å². The van der Waals surface area contributed by atoms with E-state index in [4.69, 9.17) is 0 Å². The Labute approximate surface area is 95.3 Å². The largest absolute Gasteiger partial charge is 0.465 e. The van der Waals surface area contributed by atoms with Crippen molar-refractivity contribution in [2.75, 3.05) is 7.11 Å². The van der Waals surface area contributed by atoms with Crippen LogP contribution in [0.2, 0.25) is 0 Å². The van der Waals surface area contributed by atoms with E-state index in [9.17, 15) is 9.59 Å². The minimum Gasteiger partial charge on any atom is -0.465 e. The number of carbonyl (C=O) groups excluding carboxylic acids is 2. The molecule has 0 bridgehead atoms. The van der Waals surface area contributed by atoms with Crippen molar-refractivity contribution in [2.24, 2.45) is 0 Å². The van der Waals surface area contributed by atoms with E-state index in [1.165, 1.54) is 7.11 Å². The molecule has 0 spiro atoms. The third-order valence-corrected chi connectivity index (χ3v) is 2.15. The van der Waals surface area contributed by atoms with Gasteiger partial charge in [0.05, 0.1) is 12.7 Å². The molecule has 0 saturated heterocycles. The van der Waals surface area contributed by atoms with Crippen LogP contribution in [0.15, 0.2) is 22.7 Å². The first-order valence-electron chi connectivity index (χ1n) is 4.10. The Morgan fingerprint density at radius 2 is 2.20 bits per heavy atom. The monoisotopic (exact) mass is 272 g/mol. The highest BCUT2D eigenvalue weighted by Crippen LogP contribution is 2.17. The molecule has 0 aromatic heterocycles. The van der Waals surface area contributed by atoms with Crippen molar-refractivity contribution in [1.29, 1.82) is 0 Å². The summed E-state index contributed by atoms with van der Waals surface area (Å²) in [5, 5.41) is 0. The fraction of sp³-hybridized carbons (Fsp3) is 0.200. The molecule has 0 fully saturated rings. The van der Waals surface area contributed by atoms with Gasteiger partial charge >= 0.3 is 5.97 Å². The number of rotatable bonds is 4. The molecule has 0 aliphatic rings. The second kappa shape index (κ2) is 5.50. The van der Waals surface area contributed by atoms with E-state index in [-0.39, 0.29) is 6.61 Å². The van der Waals surface area contributed by atoms with E-state index < -0.39 is 5.97 Å². The van der Waals surface area contributed by atoms with E-state index in [2.05, 4.69) is 25.4 Å². The molecular formula is C10H9BrO4. The third kappa shape index (κ3) is 3.36. The summed E-state index contributed by atoms with van der Waals surface area (Å²) in [4.78, 5) is 21.3. The fourth-order valence-electron chi connectivity index (χ4n) is 1.10. The molecule has 15 heavy (non-hydrogen) atoms. The van der Waals surface area contributed by atoms with E-state index in [0.717, 1.165) is 10.0 Å². The zero-order valence-electron chi connectivity index (χ0n) is 8.03. The van der Waals surface area contributed by atoms with Crippen molar-refractivity contribution in [3.05, 3.63) is 33.8 Å². The molecular weight excluding hydrogens is 264 g/mol. The van der Waals surface area contributed by atoms with Crippen molar-refractivity contribution in [3.8, 4) is 0 Å². The molecule has 0 atom stereocenters. The van der Waals surface area contributed by atoms with Crippen molar-refractivity contribution in [2.45, 2.75) is 6.61 Å². The Bertz CT molecular complexity index is 376. The average molecular weight is 273 g/mol. The lowest BCUT2D eigenvalue weighted by Crippen LogP contribution is -2.02. The summed E-state index contributed by atoms with van der Waals surface area (Å²) in [6.07, 6.45) is 0. The molecule has 0 saturated carbocycles. The van der Waals surface area contributed by atoms with Crippen LogP contribution in [-0.4, -0.2) is 19.6 Å². The Morgan fingerprint density at radius 1 is 1.47 bits per heavy atom. The maximum absolute atomic E-state index is 11.2. The zero-order valence-corrected chi connectivity index (χ0v) is 9.61. The lowest BCUT2D eigenvalue weighted by molar-refractivity contribution is -0.129. The van der Waals surface area contributed by atoms with Crippen molar-refractivity contribution in [1.82, 2.24) is 0 Å². The average Bonchev–Trinajstić information content (AvgIpc) is 2.24. The summed E-state index contributed by atoms with van der Waals surface area (Å²) in [6.45, 7) is 0.492. The van der Waals surface area contributed by atoms with Gasteiger partial charge in [0.25, 0.3) is 6.47 Å². The first-order chi connectivity index (χ1) is 7.17. The van der Waals surface area contributed by atoms with Crippen LogP contribution in [0.1, 0.15) is 15.9 Å². The van der Waals surface area contributed by atoms with Gasteiger partial charge in [0.15, 0.2) is 0 Å². The molecule has 0 unspecified atom stereocenters. The Hall–Kier alpha value is -1.36. The summed E-state index contributed by atoms with van der Waals surface area (Å²) in [6, 6.07) is 5.01. The van der Waals surface area contributed by atoms with E-state index in [1.807, 2.05) is 0 Å². The van der Waals surface area contributed by atoms with Crippen molar-refractivity contribution >= 4 is 28.4 Å². The highest BCUT2D eigenvalue weighted by Gasteiger charge is 2.07.